The summed E-state index contributed by atoms with van der Waals surface area (Å²) >= 11 is 0. The van der Waals surface area contributed by atoms with E-state index in [9.17, 15) is 14.7 Å². The van der Waals surface area contributed by atoms with Crippen molar-refractivity contribution in [3.63, 3.8) is 0 Å². The zero-order chi connectivity index (χ0) is 14.5. The number of carbonyl (C=O) groups is 2. The summed E-state index contributed by atoms with van der Waals surface area (Å²) in [7, 11) is 0. The standard InChI is InChI=1S/C16H13NO3/c1-2-3-8-15(18)17-14-10-12-7-5-4-6-11(12)9-13(14)16(19)20/h1,4-7,9-10H,3,8H2,(H,17,18)(H,19,20). The third-order valence-corrected chi connectivity index (χ3v) is 2.89. The van der Waals surface area contributed by atoms with E-state index in [4.69, 9.17) is 6.42 Å². The number of carboxylic acids is 1. The maximum Gasteiger partial charge on any atom is 0.337 e. The molecule has 0 aromatic heterocycles. The van der Waals surface area contributed by atoms with E-state index in [1.54, 1.807) is 12.1 Å². The van der Waals surface area contributed by atoms with Crippen LogP contribution in [0.2, 0.25) is 0 Å². The van der Waals surface area contributed by atoms with Gasteiger partial charge in [-0.2, -0.15) is 0 Å². The Hall–Kier alpha value is -2.80. The van der Waals surface area contributed by atoms with Gasteiger partial charge in [-0.25, -0.2) is 4.79 Å². The van der Waals surface area contributed by atoms with Gasteiger partial charge >= 0.3 is 5.97 Å². The van der Waals surface area contributed by atoms with Gasteiger partial charge in [-0.05, 0) is 22.9 Å². The van der Waals surface area contributed by atoms with Gasteiger partial charge in [0.25, 0.3) is 0 Å². The zero-order valence-electron chi connectivity index (χ0n) is 10.7. The molecule has 4 heteroatoms. The summed E-state index contributed by atoms with van der Waals surface area (Å²) in [5, 5.41) is 13.5. The van der Waals surface area contributed by atoms with Crippen molar-refractivity contribution in [1.29, 1.82) is 0 Å². The van der Waals surface area contributed by atoms with E-state index in [0.717, 1.165) is 10.8 Å². The van der Waals surface area contributed by atoms with Gasteiger partial charge in [-0.3, -0.25) is 4.79 Å². The quantitative estimate of drug-likeness (QED) is 0.837. The van der Waals surface area contributed by atoms with Crippen molar-refractivity contribution >= 4 is 28.3 Å². The van der Waals surface area contributed by atoms with Crippen LogP contribution in [0.25, 0.3) is 10.8 Å². The normalized spacial score (nSPS) is 9.95. The molecule has 0 fully saturated rings. The van der Waals surface area contributed by atoms with Crippen molar-refractivity contribution < 1.29 is 14.7 Å². The van der Waals surface area contributed by atoms with E-state index < -0.39 is 5.97 Å². The average molecular weight is 267 g/mol. The minimum atomic E-state index is -1.08. The van der Waals surface area contributed by atoms with Crippen LogP contribution in [-0.2, 0) is 4.79 Å². The van der Waals surface area contributed by atoms with Gasteiger partial charge in [0, 0.05) is 12.8 Å². The topological polar surface area (TPSA) is 66.4 Å². The van der Waals surface area contributed by atoms with E-state index in [1.807, 2.05) is 24.3 Å². The van der Waals surface area contributed by atoms with Crippen molar-refractivity contribution in [2.45, 2.75) is 12.8 Å². The predicted molar refractivity (Wildman–Crippen MR) is 77.6 cm³/mol. The van der Waals surface area contributed by atoms with E-state index in [0.29, 0.717) is 12.1 Å². The molecule has 2 N–H and O–H groups in total. The Balaban J connectivity index is 2.40. The molecule has 20 heavy (non-hydrogen) atoms. The molecule has 4 nitrogen and oxygen atoms in total. The summed E-state index contributed by atoms with van der Waals surface area (Å²) in [5.74, 6) is 1.00. The largest absolute Gasteiger partial charge is 0.478 e. The average Bonchev–Trinajstić information content (AvgIpc) is 2.44. The number of benzene rings is 2. The minimum Gasteiger partial charge on any atom is -0.478 e. The third-order valence-electron chi connectivity index (χ3n) is 2.89. The van der Waals surface area contributed by atoms with E-state index in [1.165, 1.54) is 0 Å². The molecule has 0 bridgehead atoms. The molecule has 100 valence electrons. The second kappa shape index (κ2) is 5.89. The smallest absolute Gasteiger partial charge is 0.337 e. The van der Waals surface area contributed by atoms with Gasteiger partial charge in [-0.15, -0.1) is 12.3 Å². The summed E-state index contributed by atoms with van der Waals surface area (Å²) in [6.07, 6.45) is 5.59. The molecule has 0 spiro atoms. The van der Waals surface area contributed by atoms with Crippen LogP contribution in [0.3, 0.4) is 0 Å². The number of hydrogen-bond acceptors (Lipinski definition) is 2. The molecular formula is C16H13NO3. The highest BCUT2D eigenvalue weighted by Gasteiger charge is 2.13. The van der Waals surface area contributed by atoms with E-state index in [2.05, 4.69) is 11.2 Å². The number of terminal acetylenes is 1. The SMILES string of the molecule is C#CCCC(=O)Nc1cc2ccccc2cc1C(=O)O. The molecule has 0 atom stereocenters. The summed E-state index contributed by atoms with van der Waals surface area (Å²) in [6, 6.07) is 10.6. The molecular weight excluding hydrogens is 254 g/mol. The first-order chi connectivity index (χ1) is 9.61. The van der Waals surface area contributed by atoms with Gasteiger partial charge in [0.05, 0.1) is 11.3 Å². The summed E-state index contributed by atoms with van der Waals surface area (Å²) in [6.45, 7) is 0. The molecule has 0 saturated carbocycles. The molecule has 0 unspecified atom stereocenters. The number of rotatable bonds is 4. The van der Waals surface area contributed by atoms with Crippen molar-refractivity contribution in [3.05, 3.63) is 42.0 Å². The fraction of sp³-hybridized carbons (Fsp3) is 0.125. The molecule has 0 aliphatic rings. The molecule has 0 aliphatic heterocycles. The number of amides is 1. The number of fused-ring (bicyclic) bond motifs is 1. The van der Waals surface area contributed by atoms with Gasteiger partial charge < -0.3 is 10.4 Å². The van der Waals surface area contributed by atoms with Crippen LogP contribution >= 0.6 is 0 Å². The Morgan fingerprint density at radius 3 is 2.45 bits per heavy atom. The van der Waals surface area contributed by atoms with Gasteiger partial charge in [0.2, 0.25) is 5.91 Å². The maximum absolute atomic E-state index is 11.7. The highest BCUT2D eigenvalue weighted by atomic mass is 16.4. The van der Waals surface area contributed by atoms with Crippen LogP contribution in [0.1, 0.15) is 23.2 Å². The first-order valence-electron chi connectivity index (χ1n) is 6.11. The summed E-state index contributed by atoms with van der Waals surface area (Å²) in [5.41, 5.74) is 0.357. The minimum absolute atomic E-state index is 0.0674. The Bertz CT molecular complexity index is 713. The van der Waals surface area contributed by atoms with Crippen LogP contribution in [0.5, 0.6) is 0 Å². The molecule has 0 radical (unpaired) electrons. The lowest BCUT2D eigenvalue weighted by Gasteiger charge is -2.10. The van der Waals surface area contributed by atoms with Crippen molar-refractivity contribution in [2.24, 2.45) is 0 Å². The first-order valence-corrected chi connectivity index (χ1v) is 6.11. The van der Waals surface area contributed by atoms with Crippen LogP contribution in [-0.4, -0.2) is 17.0 Å². The lowest BCUT2D eigenvalue weighted by atomic mass is 10.0. The van der Waals surface area contributed by atoms with Gasteiger partial charge in [0.15, 0.2) is 0 Å². The predicted octanol–water partition coefficient (Wildman–Crippen LogP) is 2.89. The monoisotopic (exact) mass is 267 g/mol. The number of carbonyl (C=O) groups excluding carboxylic acids is 1. The Labute approximate surface area is 116 Å². The highest BCUT2D eigenvalue weighted by Crippen LogP contribution is 2.24. The number of carboxylic acid groups (broad SMARTS) is 1. The number of aromatic carboxylic acids is 1. The fourth-order valence-electron chi connectivity index (χ4n) is 1.92. The number of hydrogen-bond donors (Lipinski definition) is 2. The second-order valence-electron chi connectivity index (χ2n) is 4.30. The van der Waals surface area contributed by atoms with Crippen LogP contribution in [0.4, 0.5) is 5.69 Å². The lowest BCUT2D eigenvalue weighted by Crippen LogP contribution is -2.14. The Kier molecular flexibility index (Phi) is 4.02. The molecule has 0 saturated heterocycles. The van der Waals surface area contributed by atoms with Crippen LogP contribution in [0.15, 0.2) is 36.4 Å². The third kappa shape index (κ3) is 2.96. The molecule has 2 rings (SSSR count). The highest BCUT2D eigenvalue weighted by molar-refractivity contribution is 6.05. The fourth-order valence-corrected chi connectivity index (χ4v) is 1.92. The maximum atomic E-state index is 11.7. The van der Waals surface area contributed by atoms with Crippen LogP contribution < -0.4 is 5.32 Å². The second-order valence-corrected chi connectivity index (χ2v) is 4.30. The Morgan fingerprint density at radius 1 is 1.20 bits per heavy atom. The van der Waals surface area contributed by atoms with E-state index >= 15 is 0 Å². The molecule has 0 aliphatic carbocycles. The zero-order valence-corrected chi connectivity index (χ0v) is 10.7. The lowest BCUT2D eigenvalue weighted by molar-refractivity contribution is -0.116. The molecule has 0 heterocycles. The van der Waals surface area contributed by atoms with Gasteiger partial charge in [0.1, 0.15) is 0 Å². The van der Waals surface area contributed by atoms with Crippen LogP contribution in [0, 0.1) is 12.3 Å². The van der Waals surface area contributed by atoms with Crippen molar-refractivity contribution in [1.82, 2.24) is 0 Å². The number of nitrogens with one attached hydrogen (secondary N) is 1. The van der Waals surface area contributed by atoms with E-state index in [-0.39, 0.29) is 17.9 Å². The number of anilines is 1. The van der Waals surface area contributed by atoms with Crippen molar-refractivity contribution in [2.75, 3.05) is 5.32 Å². The molecule has 2 aromatic carbocycles. The Morgan fingerprint density at radius 2 is 1.85 bits per heavy atom. The molecule has 2 aromatic rings. The summed E-state index contributed by atoms with van der Waals surface area (Å²) < 4.78 is 0. The summed E-state index contributed by atoms with van der Waals surface area (Å²) in [4.78, 5) is 23.0. The van der Waals surface area contributed by atoms with Crippen molar-refractivity contribution in [3.8, 4) is 12.3 Å². The first kappa shape index (κ1) is 13.6. The van der Waals surface area contributed by atoms with Gasteiger partial charge in [-0.1, -0.05) is 24.3 Å². The molecule has 1 amide bonds.